The number of nitrogens with one attached hydrogen (secondary N) is 2. The molecule has 2 fully saturated rings. The number of nitrogens with zero attached hydrogens (tertiary/aromatic N) is 10. The number of fused-ring (bicyclic) bond motifs is 2. The van der Waals surface area contributed by atoms with Gasteiger partial charge in [0.25, 0.3) is 11.8 Å². The van der Waals surface area contributed by atoms with E-state index < -0.39 is 123 Å². The Hall–Kier alpha value is -6.35. The van der Waals surface area contributed by atoms with Crippen LogP contribution in [-0.4, -0.2) is 142 Å². The van der Waals surface area contributed by atoms with Crippen LogP contribution in [0.2, 0.25) is 36.3 Å². The lowest BCUT2D eigenvalue weighted by molar-refractivity contribution is -0.0604. The maximum atomic E-state index is 15.7. The number of aliphatic hydroxyl groups excluding tert-OH is 1. The number of ether oxygens (including phenoxy) is 2. The second kappa shape index (κ2) is 27.4. The number of benzene rings is 2. The monoisotopic (exact) mass is 1260 g/mol. The highest BCUT2D eigenvalue weighted by molar-refractivity contribution is 7.48. The molecule has 4 aromatic heterocycles. The van der Waals surface area contributed by atoms with Gasteiger partial charge in [-0.2, -0.15) is 10.5 Å². The summed E-state index contributed by atoms with van der Waals surface area (Å²) in [7, 11) is -15.6. The van der Waals surface area contributed by atoms with Gasteiger partial charge in [0.1, 0.15) is 49.3 Å². The fraction of sp³-hybridized carbons (Fsp3) is 0.491. The maximum absolute atomic E-state index is 15.7. The molecular weight excluding hydrogens is 1190 g/mol. The van der Waals surface area contributed by atoms with Crippen LogP contribution < -0.4 is 10.6 Å². The van der Waals surface area contributed by atoms with Crippen LogP contribution in [0, 0.1) is 22.7 Å². The van der Waals surface area contributed by atoms with E-state index in [1.54, 1.807) is 60.7 Å². The van der Waals surface area contributed by atoms with Crippen LogP contribution in [0.1, 0.15) is 87.6 Å². The van der Waals surface area contributed by atoms with E-state index in [0.717, 1.165) is 0 Å². The van der Waals surface area contributed by atoms with Crippen molar-refractivity contribution < 1.29 is 69.3 Å². The Morgan fingerprint density at radius 2 is 1.07 bits per heavy atom. The average Bonchev–Trinajstić information content (AvgIpc) is 1.81. The number of nitriles is 2. The van der Waals surface area contributed by atoms with Crippen LogP contribution >= 0.6 is 15.6 Å². The molecule has 2 aliphatic rings. The lowest BCUT2D eigenvalue weighted by Gasteiger charge is -2.41. The Balaban J connectivity index is 1.20. The summed E-state index contributed by atoms with van der Waals surface area (Å²) in [6.07, 6.45) is -4.60. The minimum Gasteiger partial charge on any atom is -0.407 e. The zero-order chi connectivity index (χ0) is 62.2. The number of aliphatic hydroxyl groups is 1. The number of carbonyl (C=O) groups is 2. The summed E-state index contributed by atoms with van der Waals surface area (Å²) in [5, 5.41) is 35.0. The molecule has 6 heterocycles. The number of hydrogen-bond acceptors (Lipinski definition) is 23. The first kappa shape index (κ1) is 65.6. The molecule has 0 aliphatic carbocycles. The Labute approximate surface area is 500 Å². The molecule has 2 unspecified atom stereocenters. The van der Waals surface area contributed by atoms with E-state index in [1.165, 1.54) is 40.5 Å². The largest absolute Gasteiger partial charge is 0.475 e. The van der Waals surface area contributed by atoms with Gasteiger partial charge in [-0.15, -0.1) is 6.58 Å². The van der Waals surface area contributed by atoms with E-state index in [4.69, 9.17) is 45.5 Å². The molecule has 2 saturated heterocycles. The van der Waals surface area contributed by atoms with Crippen molar-refractivity contribution in [2.75, 3.05) is 43.7 Å². The molecule has 460 valence electrons. The highest BCUT2D eigenvalue weighted by Crippen LogP contribution is 2.58. The zero-order valence-corrected chi connectivity index (χ0v) is 53.3. The van der Waals surface area contributed by atoms with Crippen LogP contribution in [-0.2, 0) is 54.6 Å². The number of phosphoric acid groups is 2. The molecule has 0 radical (unpaired) electrons. The van der Waals surface area contributed by atoms with E-state index in [1.807, 2.05) is 79.9 Å². The van der Waals surface area contributed by atoms with Crippen LogP contribution in [0.4, 0.5) is 11.6 Å². The van der Waals surface area contributed by atoms with Gasteiger partial charge in [0.2, 0.25) is 0 Å². The summed E-state index contributed by atoms with van der Waals surface area (Å²) in [6.45, 7) is 21.0. The van der Waals surface area contributed by atoms with Gasteiger partial charge in [-0.3, -0.25) is 45.9 Å². The van der Waals surface area contributed by atoms with Gasteiger partial charge in [0.15, 0.2) is 63.1 Å². The fourth-order valence-corrected chi connectivity index (χ4v) is 14.0. The summed E-state index contributed by atoms with van der Waals surface area (Å²) in [5.74, 6) is -0.753. The number of carbonyl (C=O) groups excluding carboxylic acids is 2. The van der Waals surface area contributed by atoms with Crippen molar-refractivity contribution in [3.63, 3.8) is 0 Å². The van der Waals surface area contributed by atoms with Gasteiger partial charge in [0, 0.05) is 11.1 Å². The molecule has 31 heteroatoms. The first-order chi connectivity index (χ1) is 40.8. The van der Waals surface area contributed by atoms with Crippen LogP contribution in [0.3, 0.4) is 0 Å². The second-order valence-electron chi connectivity index (χ2n) is 23.1. The lowest BCUT2D eigenvalue weighted by atomic mass is 10.1. The fourth-order valence-electron chi connectivity index (χ4n) is 8.69. The maximum Gasteiger partial charge on any atom is 0.475 e. The molecule has 6 aromatic rings. The third-order valence-electron chi connectivity index (χ3n) is 15.2. The highest BCUT2D eigenvalue weighted by Gasteiger charge is 2.57. The van der Waals surface area contributed by atoms with Gasteiger partial charge < -0.3 is 34.1 Å². The average molecular weight is 1260 g/mol. The standard InChI is InChI=1S/C55H72N12O15P2Si2/c1-12-27-73-83(71,74-28-19-25-56)80-43-39(78-53(45(43)82-86(10,11)55(5,6)7)67-35-63-41-47(59-33-61-49(41)67)65-51(70)37-23-17-14-18-24-37)31-76-84(72,75-29-20-26-57)79-42-38(30-68)77-52(44(42)81-85(8,9)54(2,3)4)66-34-62-40-46(58-32-60-48(40)66)64-50(69)36-21-15-13-16-22-36/h12-18,21-24,32-35,38-39,42-45,52-53,68H,1,19-20,27-31H2,2-11H3,(H,58,60,64,69)(H,59,61,65,70)/t38-,39-,42-,43-,44-,45-,52-,53-,83?,84?/m1/s1. The first-order valence-electron chi connectivity index (χ1n) is 27.6. The minimum absolute atomic E-state index is 0.0673. The lowest BCUT2D eigenvalue weighted by Crippen LogP contribution is -2.49. The number of phosphoric ester groups is 2. The number of rotatable bonds is 27. The number of aromatic nitrogens is 8. The summed E-state index contributed by atoms with van der Waals surface area (Å²) in [6, 6.07) is 20.9. The summed E-state index contributed by atoms with van der Waals surface area (Å²) in [4.78, 5) is 53.7. The van der Waals surface area contributed by atoms with E-state index in [-0.39, 0.29) is 60.0 Å². The van der Waals surface area contributed by atoms with E-state index in [0.29, 0.717) is 11.1 Å². The Morgan fingerprint density at radius 3 is 1.48 bits per heavy atom. The van der Waals surface area contributed by atoms with Crippen LogP contribution in [0.5, 0.6) is 0 Å². The molecule has 2 aliphatic heterocycles. The summed E-state index contributed by atoms with van der Waals surface area (Å²) < 4.78 is 98.2. The van der Waals surface area contributed by atoms with Gasteiger partial charge in [-0.05, 0) is 60.5 Å². The van der Waals surface area contributed by atoms with Gasteiger partial charge >= 0.3 is 15.6 Å². The van der Waals surface area contributed by atoms with E-state index in [9.17, 15) is 29.8 Å². The molecule has 0 saturated carbocycles. The van der Waals surface area contributed by atoms with Gasteiger partial charge in [0.05, 0.1) is 70.7 Å². The normalized spacial score (nSPS) is 22.4. The van der Waals surface area contributed by atoms with E-state index in [2.05, 4.69) is 47.1 Å². The zero-order valence-electron chi connectivity index (χ0n) is 49.5. The van der Waals surface area contributed by atoms with Crippen molar-refractivity contribution in [3.8, 4) is 12.1 Å². The van der Waals surface area contributed by atoms with Crippen molar-refractivity contribution in [2.24, 2.45) is 0 Å². The summed E-state index contributed by atoms with van der Waals surface area (Å²) >= 11 is 0. The molecule has 3 N–H and O–H groups in total. The topological polar surface area (TPSA) is 340 Å². The molecule has 2 amide bonds. The molecule has 2 aromatic carbocycles. The smallest absolute Gasteiger partial charge is 0.407 e. The Morgan fingerprint density at radius 1 is 0.651 bits per heavy atom. The molecule has 8 rings (SSSR count). The predicted molar refractivity (Wildman–Crippen MR) is 318 cm³/mol. The minimum atomic E-state index is -5.05. The molecule has 27 nitrogen and oxygen atoms in total. The van der Waals surface area contributed by atoms with Crippen LogP contribution in [0.25, 0.3) is 22.3 Å². The third kappa shape index (κ3) is 15.0. The number of imidazole rings is 2. The van der Waals surface area contributed by atoms with Crippen molar-refractivity contribution in [2.45, 2.75) is 140 Å². The first-order valence-corrected chi connectivity index (χ1v) is 36.4. The second-order valence-corrected chi connectivity index (χ2v) is 35.9. The molecule has 0 spiro atoms. The van der Waals surface area contributed by atoms with Crippen molar-refractivity contribution >= 4 is 78.1 Å². The molecule has 0 bridgehead atoms. The quantitative estimate of drug-likeness (QED) is 0.0187. The predicted octanol–water partition coefficient (Wildman–Crippen LogP) is 9.81. The van der Waals surface area contributed by atoms with Crippen LogP contribution in [0.15, 0.2) is 98.6 Å². The number of amides is 2. The molecule has 10 atom stereocenters. The number of hydrogen-bond donors (Lipinski definition) is 3. The van der Waals surface area contributed by atoms with Crippen molar-refractivity contribution in [1.82, 2.24) is 39.0 Å². The van der Waals surface area contributed by atoms with E-state index >= 15 is 4.57 Å². The van der Waals surface area contributed by atoms with Crippen molar-refractivity contribution in [3.05, 3.63) is 110 Å². The SMILES string of the molecule is C=CCOP(=O)(OCCC#N)O[C@H]1[C@@H](O[Si](C)(C)C(C)(C)C)[C@H](n2cnc3c(NC(=O)c4ccccc4)ncnc32)O[C@@H]1COP(=O)(OCCC#N)O[C@H]1[C@@H](O[Si](C)(C)C(C)(C)C)[C@H](n2cnc3c(NC(=O)c4ccccc4)ncnc32)O[C@@H]1CO. The number of anilines is 2. The summed E-state index contributed by atoms with van der Waals surface area (Å²) in [5.41, 5.74) is 1.43. The van der Waals surface area contributed by atoms with Crippen molar-refractivity contribution in [1.29, 1.82) is 10.5 Å². The Kier molecular flexibility index (Phi) is 20.9. The van der Waals surface area contributed by atoms with Gasteiger partial charge in [-0.25, -0.2) is 39.0 Å². The third-order valence-corrected chi connectivity index (χ3v) is 27.1. The highest BCUT2D eigenvalue weighted by atomic mass is 31.2. The van der Waals surface area contributed by atoms with Gasteiger partial charge in [-0.1, -0.05) is 84.0 Å². The molecular formula is C55H72N12O15P2Si2. The Bertz CT molecular complexity index is 3540. The molecule has 86 heavy (non-hydrogen) atoms.